The van der Waals surface area contributed by atoms with Crippen LogP contribution in [0, 0.1) is 0 Å². The van der Waals surface area contributed by atoms with Gasteiger partial charge in [-0.15, -0.1) is 0 Å². The van der Waals surface area contributed by atoms with Crippen molar-refractivity contribution in [2.75, 3.05) is 32.1 Å². The van der Waals surface area contributed by atoms with E-state index >= 15 is 0 Å². The minimum atomic E-state index is -3.83. The summed E-state index contributed by atoms with van der Waals surface area (Å²) in [4.78, 5) is 24.4. The molecule has 1 heterocycles. The molecule has 1 N–H and O–H groups in total. The van der Waals surface area contributed by atoms with Crippen molar-refractivity contribution in [1.29, 1.82) is 0 Å². The van der Waals surface area contributed by atoms with Gasteiger partial charge in [0.25, 0.3) is 5.91 Å². The number of hydrogen-bond acceptors (Lipinski definition) is 6. The highest BCUT2D eigenvalue weighted by molar-refractivity contribution is 7.89. The molecule has 166 valence electrons. The summed E-state index contributed by atoms with van der Waals surface area (Å²) >= 11 is 12.0. The first-order valence-corrected chi connectivity index (χ1v) is 11.5. The molecule has 1 amide bonds. The lowest BCUT2D eigenvalue weighted by molar-refractivity contribution is -0.119. The van der Waals surface area contributed by atoms with Crippen LogP contribution in [0.1, 0.15) is 23.2 Å². The van der Waals surface area contributed by atoms with E-state index in [0.717, 1.165) is 12.8 Å². The molecule has 11 heteroatoms. The van der Waals surface area contributed by atoms with Crippen LogP contribution in [-0.2, 0) is 19.6 Å². The maximum Gasteiger partial charge on any atom is 0.338 e. The first-order chi connectivity index (χ1) is 14.7. The number of methoxy groups -OCH3 is 1. The van der Waals surface area contributed by atoms with Crippen molar-refractivity contribution >= 4 is 50.8 Å². The van der Waals surface area contributed by atoms with Crippen molar-refractivity contribution < 1.29 is 27.5 Å². The molecule has 2 aromatic rings. The molecule has 1 aliphatic heterocycles. The SMILES string of the molecule is COc1ccc(C(=O)OCC(=O)Nc2c(Cl)cccc2Cl)cc1S(=O)(=O)N1CCCC1. The fraction of sp³-hybridized carbons (Fsp3) is 0.300. The topological polar surface area (TPSA) is 102 Å². The van der Waals surface area contributed by atoms with E-state index in [2.05, 4.69) is 5.32 Å². The highest BCUT2D eigenvalue weighted by Crippen LogP contribution is 2.31. The van der Waals surface area contributed by atoms with E-state index in [1.54, 1.807) is 18.2 Å². The lowest BCUT2D eigenvalue weighted by Crippen LogP contribution is -2.28. The van der Waals surface area contributed by atoms with Crippen molar-refractivity contribution in [2.45, 2.75) is 17.7 Å². The fourth-order valence-corrected chi connectivity index (χ4v) is 5.27. The Morgan fingerprint density at radius 1 is 1.10 bits per heavy atom. The Kier molecular flexibility index (Phi) is 7.42. The van der Waals surface area contributed by atoms with E-state index in [1.165, 1.54) is 29.6 Å². The molecule has 0 spiro atoms. The normalized spacial score (nSPS) is 14.3. The number of halogens is 2. The van der Waals surface area contributed by atoms with E-state index in [4.69, 9.17) is 32.7 Å². The maximum absolute atomic E-state index is 12.9. The summed E-state index contributed by atoms with van der Waals surface area (Å²) in [5.74, 6) is -1.39. The van der Waals surface area contributed by atoms with Crippen LogP contribution in [0.5, 0.6) is 5.75 Å². The zero-order valence-corrected chi connectivity index (χ0v) is 18.9. The monoisotopic (exact) mass is 486 g/mol. The molecule has 0 radical (unpaired) electrons. The first-order valence-electron chi connectivity index (χ1n) is 9.33. The average Bonchev–Trinajstić information content (AvgIpc) is 3.30. The van der Waals surface area contributed by atoms with E-state index in [-0.39, 0.29) is 31.9 Å². The second kappa shape index (κ2) is 9.86. The van der Waals surface area contributed by atoms with Gasteiger partial charge in [-0.3, -0.25) is 4.79 Å². The molecule has 3 rings (SSSR count). The van der Waals surface area contributed by atoms with Crippen LogP contribution in [0.25, 0.3) is 0 Å². The standard InChI is InChI=1S/C20H20Cl2N2O6S/c1-29-16-8-7-13(11-17(16)31(27,28)24-9-2-3-10-24)20(26)30-12-18(25)23-19-14(21)5-4-6-15(19)22/h4-8,11H,2-3,9-10,12H2,1H3,(H,23,25). The summed E-state index contributed by atoms with van der Waals surface area (Å²) in [6, 6.07) is 8.66. The third-order valence-corrected chi connectivity index (χ3v) is 7.19. The predicted molar refractivity (Wildman–Crippen MR) is 116 cm³/mol. The van der Waals surface area contributed by atoms with Gasteiger partial charge >= 0.3 is 5.97 Å². The Morgan fingerprint density at radius 2 is 1.74 bits per heavy atom. The summed E-state index contributed by atoms with van der Waals surface area (Å²) in [7, 11) is -2.48. The van der Waals surface area contributed by atoms with Gasteiger partial charge in [-0.1, -0.05) is 29.3 Å². The van der Waals surface area contributed by atoms with Crippen molar-refractivity contribution in [2.24, 2.45) is 0 Å². The Morgan fingerprint density at radius 3 is 2.35 bits per heavy atom. The van der Waals surface area contributed by atoms with Crippen LogP contribution >= 0.6 is 23.2 Å². The number of nitrogens with zero attached hydrogens (tertiary/aromatic N) is 1. The molecule has 0 saturated carbocycles. The molecule has 0 atom stereocenters. The van der Waals surface area contributed by atoms with Crippen LogP contribution in [0.15, 0.2) is 41.3 Å². The number of sulfonamides is 1. The van der Waals surface area contributed by atoms with Gasteiger partial charge in [0.15, 0.2) is 6.61 Å². The number of carbonyl (C=O) groups is 2. The minimum Gasteiger partial charge on any atom is -0.495 e. The van der Waals surface area contributed by atoms with Crippen LogP contribution in [0.4, 0.5) is 5.69 Å². The summed E-state index contributed by atoms with van der Waals surface area (Å²) in [6.45, 7) is 0.205. The highest BCUT2D eigenvalue weighted by atomic mass is 35.5. The number of para-hydroxylation sites is 1. The number of hydrogen-bond donors (Lipinski definition) is 1. The molecule has 2 aromatic carbocycles. The summed E-state index contributed by atoms with van der Waals surface area (Å²) in [5.41, 5.74) is 0.178. The summed E-state index contributed by atoms with van der Waals surface area (Å²) < 4.78 is 37.4. The largest absolute Gasteiger partial charge is 0.495 e. The molecule has 1 saturated heterocycles. The number of carbonyl (C=O) groups excluding carboxylic acids is 2. The zero-order chi connectivity index (χ0) is 22.6. The Hall–Kier alpha value is -2.33. The first kappa shape index (κ1) is 23.3. The lowest BCUT2D eigenvalue weighted by atomic mass is 10.2. The molecule has 1 fully saturated rings. The van der Waals surface area contributed by atoms with E-state index < -0.39 is 28.5 Å². The molecule has 0 aromatic heterocycles. The molecule has 0 aliphatic carbocycles. The van der Waals surface area contributed by atoms with Gasteiger partial charge in [0.1, 0.15) is 10.6 Å². The number of rotatable bonds is 7. The molecule has 31 heavy (non-hydrogen) atoms. The second-order valence-corrected chi connectivity index (χ2v) is 9.42. The Balaban J connectivity index is 1.72. The van der Waals surface area contributed by atoms with Gasteiger partial charge in [0, 0.05) is 13.1 Å². The summed E-state index contributed by atoms with van der Waals surface area (Å²) in [5, 5.41) is 2.94. The highest BCUT2D eigenvalue weighted by Gasteiger charge is 2.31. The Bertz CT molecular complexity index is 1080. The molecule has 0 unspecified atom stereocenters. The minimum absolute atomic E-state index is 0.0258. The smallest absolute Gasteiger partial charge is 0.338 e. The third kappa shape index (κ3) is 5.30. The zero-order valence-electron chi connectivity index (χ0n) is 16.6. The van der Waals surface area contributed by atoms with Crippen LogP contribution in [0.2, 0.25) is 10.0 Å². The van der Waals surface area contributed by atoms with E-state index in [0.29, 0.717) is 13.1 Å². The molecule has 1 aliphatic rings. The third-order valence-electron chi connectivity index (χ3n) is 4.64. The number of amides is 1. The van der Waals surface area contributed by atoms with E-state index in [9.17, 15) is 18.0 Å². The number of esters is 1. The molecular weight excluding hydrogens is 467 g/mol. The number of benzene rings is 2. The van der Waals surface area contributed by atoms with Crippen molar-refractivity contribution in [3.63, 3.8) is 0 Å². The van der Waals surface area contributed by atoms with Gasteiger partial charge in [-0.2, -0.15) is 4.31 Å². The second-order valence-electron chi connectivity index (χ2n) is 6.70. The predicted octanol–water partition coefficient (Wildman–Crippen LogP) is 3.58. The lowest BCUT2D eigenvalue weighted by Gasteiger charge is -2.18. The Labute approximate surface area is 190 Å². The number of nitrogens with one attached hydrogen (secondary N) is 1. The van der Waals surface area contributed by atoms with Gasteiger partial charge in [-0.25, -0.2) is 13.2 Å². The van der Waals surface area contributed by atoms with Gasteiger partial charge < -0.3 is 14.8 Å². The van der Waals surface area contributed by atoms with E-state index in [1.807, 2.05) is 0 Å². The van der Waals surface area contributed by atoms with Crippen LogP contribution < -0.4 is 10.1 Å². The van der Waals surface area contributed by atoms with Crippen LogP contribution in [-0.4, -0.2) is 51.4 Å². The van der Waals surface area contributed by atoms with Gasteiger partial charge in [0.05, 0.1) is 28.4 Å². The molecule has 0 bridgehead atoms. The molecule has 8 nitrogen and oxygen atoms in total. The summed E-state index contributed by atoms with van der Waals surface area (Å²) in [6.07, 6.45) is 1.54. The van der Waals surface area contributed by atoms with Crippen molar-refractivity contribution in [3.05, 3.63) is 52.0 Å². The van der Waals surface area contributed by atoms with Crippen molar-refractivity contribution in [3.8, 4) is 5.75 Å². The van der Waals surface area contributed by atoms with Crippen molar-refractivity contribution in [1.82, 2.24) is 4.31 Å². The van der Waals surface area contributed by atoms with Crippen LogP contribution in [0.3, 0.4) is 0 Å². The maximum atomic E-state index is 12.9. The molecular formula is C20H20Cl2N2O6S. The van der Waals surface area contributed by atoms with Gasteiger partial charge in [-0.05, 0) is 43.2 Å². The van der Waals surface area contributed by atoms with Gasteiger partial charge in [0.2, 0.25) is 10.0 Å². The fourth-order valence-electron chi connectivity index (χ4n) is 3.08. The average molecular weight is 487 g/mol. The number of ether oxygens (including phenoxy) is 2. The quantitative estimate of drug-likeness (QED) is 0.600. The number of anilines is 1.